The number of carbonyl (C=O) groups excluding carboxylic acids is 4. The summed E-state index contributed by atoms with van der Waals surface area (Å²) < 4.78 is 21.9. The highest BCUT2D eigenvalue weighted by Gasteiger charge is 2.63. The molecule has 43 heavy (non-hydrogen) atoms. The molecule has 0 bridgehead atoms. The van der Waals surface area contributed by atoms with E-state index in [0.717, 1.165) is 4.90 Å². The number of hydrogen-bond acceptors (Lipinski definition) is 11. The molecule has 0 radical (unpaired) electrons. The molecule has 1 aliphatic carbocycles. The number of fused-ring (bicyclic) bond motifs is 7. The third-order valence-corrected chi connectivity index (χ3v) is 8.63. The Morgan fingerprint density at radius 2 is 1.63 bits per heavy atom. The monoisotopic (exact) mass is 585 g/mol. The van der Waals surface area contributed by atoms with Gasteiger partial charge < -0.3 is 28.8 Å². The highest BCUT2D eigenvalue weighted by Crippen LogP contribution is 2.48. The molecular weight excluding hydrogens is 562 g/mol. The van der Waals surface area contributed by atoms with E-state index in [-0.39, 0.29) is 51.0 Å². The number of methoxy groups -OCH3 is 2. The maximum absolute atomic E-state index is 14.1. The number of aliphatic hydroxyl groups excluding tert-OH is 1. The van der Waals surface area contributed by atoms with Gasteiger partial charge in [-0.1, -0.05) is 6.07 Å². The standard InChI is InChI=1S/C31H23NO11/c1-30(11-33)29(39)43-31(2)10-13-7-12-5-6-14-21(19(12)25(36)20(13)28(38)32(30)31)26(37)22-23(34)15-8-17(40-3)18(41-4)9-16(15)42-27(22)24(14)35/h5-9,33,36H,10-11H2,1-4H3/t30-,31-/m1/s1. The summed E-state index contributed by atoms with van der Waals surface area (Å²) in [5, 5.41) is 21.8. The van der Waals surface area contributed by atoms with Gasteiger partial charge in [0, 0.05) is 29.0 Å². The topological polar surface area (TPSA) is 170 Å². The van der Waals surface area contributed by atoms with Crippen molar-refractivity contribution in [1.82, 2.24) is 4.90 Å². The summed E-state index contributed by atoms with van der Waals surface area (Å²) in [6.45, 7) is 2.17. The molecule has 12 heteroatoms. The highest BCUT2D eigenvalue weighted by molar-refractivity contribution is 6.32. The number of esters is 1. The molecule has 4 aromatic rings. The minimum absolute atomic E-state index is 0.00617. The lowest BCUT2D eigenvalue weighted by Gasteiger charge is -2.42. The van der Waals surface area contributed by atoms with Crippen molar-refractivity contribution in [2.75, 3.05) is 20.8 Å². The normalized spacial score (nSPS) is 22.3. The Bertz CT molecular complexity index is 2090. The molecule has 2 atom stereocenters. The number of amides is 1. The molecule has 12 nitrogen and oxygen atoms in total. The fourth-order valence-corrected chi connectivity index (χ4v) is 6.59. The second-order valence-electron chi connectivity index (χ2n) is 11.2. The fourth-order valence-electron chi connectivity index (χ4n) is 6.59. The van der Waals surface area contributed by atoms with E-state index in [1.165, 1.54) is 52.3 Å². The predicted molar refractivity (Wildman–Crippen MR) is 148 cm³/mol. The van der Waals surface area contributed by atoms with Gasteiger partial charge in [0.15, 0.2) is 28.5 Å². The van der Waals surface area contributed by atoms with Gasteiger partial charge in [-0.3, -0.25) is 24.1 Å². The molecular formula is C31H23NO11. The SMILES string of the molecule is COc1cc2oc3c(c(=O)c2cc1OC)C(=O)c1c(ccc2cc4c(c(O)c12)C(=O)N1[C@@](C)(C4)OC(=O)[C@@]1(C)CO)C3=O. The average Bonchev–Trinajstić information content (AvgIpc) is 3.18. The number of aromatic hydroxyl groups is 1. The first-order valence-corrected chi connectivity index (χ1v) is 13.2. The zero-order chi connectivity index (χ0) is 30.7. The maximum atomic E-state index is 14.1. The second kappa shape index (κ2) is 8.42. The van der Waals surface area contributed by atoms with Crippen LogP contribution in [0.25, 0.3) is 21.7 Å². The van der Waals surface area contributed by atoms with Crippen molar-refractivity contribution in [3.63, 3.8) is 0 Å². The summed E-state index contributed by atoms with van der Waals surface area (Å²) in [5.41, 5.74) is -4.70. The third-order valence-electron chi connectivity index (χ3n) is 8.63. The average molecular weight is 586 g/mol. The number of benzene rings is 3. The van der Waals surface area contributed by atoms with Gasteiger partial charge in [-0.25, -0.2) is 4.79 Å². The summed E-state index contributed by atoms with van der Waals surface area (Å²) >= 11 is 0. The van der Waals surface area contributed by atoms with Gasteiger partial charge in [-0.05, 0) is 43.0 Å². The van der Waals surface area contributed by atoms with Crippen LogP contribution >= 0.6 is 0 Å². The van der Waals surface area contributed by atoms with Gasteiger partial charge in [0.05, 0.1) is 31.8 Å². The number of ether oxygens (including phenoxy) is 3. The first-order chi connectivity index (χ1) is 20.4. The van der Waals surface area contributed by atoms with Crippen molar-refractivity contribution in [3.05, 3.63) is 74.1 Å². The van der Waals surface area contributed by atoms with Crippen LogP contribution in [-0.4, -0.2) is 70.6 Å². The van der Waals surface area contributed by atoms with Crippen molar-refractivity contribution in [2.24, 2.45) is 0 Å². The summed E-state index contributed by atoms with van der Waals surface area (Å²) in [6.07, 6.45) is -0.00737. The van der Waals surface area contributed by atoms with Crippen LogP contribution in [0.1, 0.15) is 61.8 Å². The smallest absolute Gasteiger partial charge is 0.336 e. The van der Waals surface area contributed by atoms with Crippen molar-refractivity contribution in [2.45, 2.75) is 31.5 Å². The first kappa shape index (κ1) is 26.7. The Hall–Kier alpha value is -5.23. The van der Waals surface area contributed by atoms with Gasteiger partial charge in [0.2, 0.25) is 17.0 Å². The van der Waals surface area contributed by atoms with E-state index in [1.807, 2.05) is 0 Å². The summed E-state index contributed by atoms with van der Waals surface area (Å²) in [6, 6.07) is 7.20. The van der Waals surface area contributed by atoms with Crippen molar-refractivity contribution in [1.29, 1.82) is 0 Å². The molecule has 1 fully saturated rings. The molecule has 0 spiro atoms. The minimum atomic E-state index is -1.71. The summed E-state index contributed by atoms with van der Waals surface area (Å²) in [7, 11) is 2.77. The van der Waals surface area contributed by atoms with E-state index < -0.39 is 63.8 Å². The zero-order valence-corrected chi connectivity index (χ0v) is 23.3. The lowest BCUT2D eigenvalue weighted by molar-refractivity contribution is -0.151. The Morgan fingerprint density at radius 3 is 2.30 bits per heavy atom. The van der Waals surface area contributed by atoms with E-state index in [1.54, 1.807) is 6.07 Å². The molecule has 0 unspecified atom stereocenters. The largest absolute Gasteiger partial charge is 0.506 e. The number of phenols is 1. The van der Waals surface area contributed by atoms with Crippen molar-refractivity contribution in [3.8, 4) is 17.2 Å². The fraction of sp³-hybridized carbons (Fsp3) is 0.258. The second-order valence-corrected chi connectivity index (χ2v) is 11.2. The van der Waals surface area contributed by atoms with Crippen LogP contribution in [0.2, 0.25) is 0 Å². The van der Waals surface area contributed by atoms with E-state index >= 15 is 0 Å². The zero-order valence-electron chi connectivity index (χ0n) is 23.3. The van der Waals surface area contributed by atoms with Gasteiger partial charge >= 0.3 is 5.97 Å². The molecule has 1 amide bonds. The Kier molecular flexibility index (Phi) is 5.22. The van der Waals surface area contributed by atoms with Crippen molar-refractivity contribution < 1.29 is 48.0 Å². The quantitative estimate of drug-likeness (QED) is 0.298. The molecule has 2 aliphatic heterocycles. The van der Waals surface area contributed by atoms with Gasteiger partial charge in [0.1, 0.15) is 16.9 Å². The number of aliphatic hydroxyl groups is 1. The molecule has 1 aromatic heterocycles. The Labute approximate surface area is 242 Å². The number of hydrogen-bond donors (Lipinski definition) is 2. The molecule has 7 rings (SSSR count). The van der Waals surface area contributed by atoms with E-state index in [4.69, 9.17) is 18.6 Å². The van der Waals surface area contributed by atoms with Crippen LogP contribution in [0.3, 0.4) is 0 Å². The van der Waals surface area contributed by atoms with Gasteiger partial charge in [0.25, 0.3) is 5.91 Å². The van der Waals surface area contributed by atoms with Crippen LogP contribution in [0.4, 0.5) is 0 Å². The lowest BCUT2D eigenvalue weighted by Crippen LogP contribution is -2.60. The van der Waals surface area contributed by atoms with Gasteiger partial charge in [-0.15, -0.1) is 0 Å². The molecule has 3 heterocycles. The molecule has 0 saturated carbocycles. The summed E-state index contributed by atoms with van der Waals surface area (Å²) in [4.78, 5) is 69.2. The van der Waals surface area contributed by atoms with E-state index in [2.05, 4.69) is 0 Å². The Balaban J connectivity index is 1.48. The van der Waals surface area contributed by atoms with Crippen LogP contribution in [0.15, 0.2) is 39.5 Å². The maximum Gasteiger partial charge on any atom is 0.336 e. The number of ketones is 2. The van der Waals surface area contributed by atoms with Crippen LogP contribution in [-0.2, 0) is 16.0 Å². The molecule has 2 N–H and O–H groups in total. The molecule has 218 valence electrons. The number of nitrogens with zero attached hydrogens (tertiary/aromatic N) is 1. The van der Waals surface area contributed by atoms with Crippen LogP contribution < -0.4 is 14.9 Å². The van der Waals surface area contributed by atoms with E-state index in [9.17, 15) is 34.2 Å². The molecule has 3 aliphatic rings. The Morgan fingerprint density at radius 1 is 0.930 bits per heavy atom. The van der Waals surface area contributed by atoms with Crippen molar-refractivity contribution >= 4 is 45.2 Å². The first-order valence-electron chi connectivity index (χ1n) is 13.2. The van der Waals surface area contributed by atoms with Gasteiger partial charge in [-0.2, -0.15) is 0 Å². The number of phenolic OH excluding ortho intramolecular Hbond substituents is 1. The van der Waals surface area contributed by atoms with E-state index in [0.29, 0.717) is 10.9 Å². The highest BCUT2D eigenvalue weighted by atomic mass is 16.6. The number of rotatable bonds is 3. The number of carbonyl (C=O) groups is 4. The predicted octanol–water partition coefficient (Wildman–Crippen LogP) is 2.47. The third kappa shape index (κ3) is 3.15. The molecule has 1 saturated heterocycles. The minimum Gasteiger partial charge on any atom is -0.506 e. The summed E-state index contributed by atoms with van der Waals surface area (Å²) in [5.74, 6) is -3.84. The molecule has 3 aromatic carbocycles. The lowest BCUT2D eigenvalue weighted by atomic mass is 9.80. The van der Waals surface area contributed by atoms with Crippen LogP contribution in [0, 0.1) is 0 Å². The van der Waals surface area contributed by atoms with Crippen LogP contribution in [0.5, 0.6) is 17.2 Å².